The van der Waals surface area contributed by atoms with Gasteiger partial charge in [0, 0.05) is 5.57 Å². The summed E-state index contributed by atoms with van der Waals surface area (Å²) in [5.41, 5.74) is 3.95. The van der Waals surface area contributed by atoms with Crippen LogP contribution >= 0.6 is 0 Å². The summed E-state index contributed by atoms with van der Waals surface area (Å²) in [7, 11) is 0. The van der Waals surface area contributed by atoms with E-state index in [-0.39, 0.29) is 0 Å². The van der Waals surface area contributed by atoms with Gasteiger partial charge in [-0.3, -0.25) is 0 Å². The molecule has 3 fully saturated rings. The molecule has 0 amide bonds. The minimum absolute atomic E-state index is 0.368. The van der Waals surface area contributed by atoms with Crippen molar-refractivity contribution < 1.29 is 9.90 Å². The summed E-state index contributed by atoms with van der Waals surface area (Å²) in [6, 6.07) is 0. The van der Waals surface area contributed by atoms with Crippen LogP contribution in [0.1, 0.15) is 113 Å². The molecule has 0 radical (unpaired) electrons. The second kappa shape index (κ2) is 8.27. The van der Waals surface area contributed by atoms with Crippen molar-refractivity contribution in [1.82, 2.24) is 0 Å². The van der Waals surface area contributed by atoms with Crippen molar-refractivity contribution in [3.8, 4) is 0 Å². The number of carboxylic acid groups (broad SMARTS) is 1. The smallest absolute Gasteiger partial charge is 0.330 e. The third-order valence-electron chi connectivity index (χ3n) is 12.5. The van der Waals surface area contributed by atoms with Crippen molar-refractivity contribution in [2.75, 3.05) is 0 Å². The maximum atomic E-state index is 11.2. The average Bonchev–Trinajstić information content (AvgIpc) is 3.02. The third kappa shape index (κ3) is 3.59. The number of hydrogen-bond donors (Lipinski definition) is 1. The van der Waals surface area contributed by atoms with E-state index < -0.39 is 5.97 Å². The summed E-state index contributed by atoms with van der Waals surface area (Å²) < 4.78 is 0. The van der Waals surface area contributed by atoms with Crippen LogP contribution in [0.25, 0.3) is 0 Å². The fraction of sp³-hybridized carbons (Fsp3) is 0.839. The second-order valence-corrected chi connectivity index (χ2v) is 14.0. The number of rotatable bonds is 5. The fourth-order valence-electron chi connectivity index (χ4n) is 9.71. The minimum Gasteiger partial charge on any atom is -0.478 e. The molecule has 4 aliphatic carbocycles. The number of fused-ring (bicyclic) bond motifs is 5. The quantitative estimate of drug-likeness (QED) is 0.333. The Hall–Kier alpha value is -1.05. The predicted molar refractivity (Wildman–Crippen MR) is 138 cm³/mol. The third-order valence-corrected chi connectivity index (χ3v) is 12.5. The fourth-order valence-corrected chi connectivity index (χ4v) is 9.71. The van der Waals surface area contributed by atoms with Crippen LogP contribution in [0.4, 0.5) is 0 Å². The van der Waals surface area contributed by atoms with Gasteiger partial charge >= 0.3 is 5.97 Å². The molecular formula is C31H50O2. The van der Waals surface area contributed by atoms with Crippen LogP contribution in [0.15, 0.2) is 23.3 Å². The first-order valence-corrected chi connectivity index (χ1v) is 13.9. The molecule has 0 heterocycles. The maximum Gasteiger partial charge on any atom is 0.330 e. The maximum absolute atomic E-state index is 11.2. The first-order valence-electron chi connectivity index (χ1n) is 13.9. The van der Waals surface area contributed by atoms with E-state index in [2.05, 4.69) is 54.5 Å². The monoisotopic (exact) mass is 454 g/mol. The molecule has 186 valence electrons. The van der Waals surface area contributed by atoms with E-state index in [1.165, 1.54) is 44.9 Å². The van der Waals surface area contributed by atoms with Crippen molar-refractivity contribution in [1.29, 1.82) is 0 Å². The summed E-state index contributed by atoms with van der Waals surface area (Å²) in [6.45, 7) is 19.7. The molecule has 1 N–H and O–H groups in total. The normalized spacial score (nSPS) is 45.5. The Morgan fingerprint density at radius 3 is 2.45 bits per heavy atom. The zero-order valence-electron chi connectivity index (χ0n) is 22.8. The zero-order valence-corrected chi connectivity index (χ0v) is 22.8. The molecule has 0 saturated heterocycles. The molecule has 3 saturated carbocycles. The van der Waals surface area contributed by atoms with Crippen LogP contribution in [0.5, 0.6) is 0 Å². The van der Waals surface area contributed by atoms with E-state index in [4.69, 9.17) is 0 Å². The highest BCUT2D eigenvalue weighted by molar-refractivity contribution is 5.85. The lowest BCUT2D eigenvalue weighted by Gasteiger charge is -2.64. The molecule has 2 heteroatoms. The van der Waals surface area contributed by atoms with Gasteiger partial charge in [-0.1, -0.05) is 66.2 Å². The molecule has 33 heavy (non-hydrogen) atoms. The van der Waals surface area contributed by atoms with Gasteiger partial charge in [0.2, 0.25) is 0 Å². The van der Waals surface area contributed by atoms with E-state index in [0.29, 0.717) is 33.2 Å². The molecule has 0 aliphatic heterocycles. The van der Waals surface area contributed by atoms with Crippen molar-refractivity contribution in [2.45, 2.75) is 113 Å². The van der Waals surface area contributed by atoms with E-state index in [0.717, 1.165) is 36.5 Å². The standard InChI is InChI=1S/C31H50O2/c1-20(10-9-11-21(2)27(32)33)23-15-18-31(8)25-12-13-26-28(4,5)22(3)14-17-29(26,6)24(25)16-19-30(23,31)7/h11,16,20,22-23,25-26H,9-10,12-15,17-19H2,1-8H3,(H,32,33). The topological polar surface area (TPSA) is 37.3 Å². The molecule has 0 spiro atoms. The minimum atomic E-state index is -0.780. The Balaban J connectivity index is 1.59. The summed E-state index contributed by atoms with van der Waals surface area (Å²) in [5.74, 6) is 3.01. The Bertz CT molecular complexity index is 849. The predicted octanol–water partition coefficient (Wildman–Crippen LogP) is 8.67. The first-order chi connectivity index (χ1) is 15.3. The van der Waals surface area contributed by atoms with E-state index in [1.54, 1.807) is 6.92 Å². The summed E-state index contributed by atoms with van der Waals surface area (Å²) in [5, 5.41) is 9.17. The van der Waals surface area contributed by atoms with Crippen molar-refractivity contribution in [2.24, 2.45) is 51.2 Å². The molecule has 0 bridgehead atoms. The summed E-state index contributed by atoms with van der Waals surface area (Å²) >= 11 is 0. The molecule has 4 aliphatic rings. The van der Waals surface area contributed by atoms with Crippen LogP contribution in [0.2, 0.25) is 0 Å². The molecule has 0 aromatic carbocycles. The van der Waals surface area contributed by atoms with Gasteiger partial charge < -0.3 is 5.11 Å². The number of hydrogen-bond acceptors (Lipinski definition) is 1. The SMILES string of the molecule is CC(=CCCC(C)C1CCC2(C)C3CCC4C(C)(CCC(C)C4(C)C)C3=CCC12C)C(=O)O. The lowest BCUT2D eigenvalue weighted by molar-refractivity contribution is -0.132. The molecule has 8 atom stereocenters. The van der Waals surface area contributed by atoms with Crippen LogP contribution in [-0.2, 0) is 4.79 Å². The second-order valence-electron chi connectivity index (χ2n) is 14.0. The summed E-state index contributed by atoms with van der Waals surface area (Å²) in [4.78, 5) is 11.2. The highest BCUT2D eigenvalue weighted by atomic mass is 16.4. The Morgan fingerprint density at radius 1 is 1.09 bits per heavy atom. The highest BCUT2D eigenvalue weighted by Crippen LogP contribution is 2.73. The van der Waals surface area contributed by atoms with Crippen LogP contribution in [-0.4, -0.2) is 11.1 Å². The number of aliphatic carboxylic acids is 1. The summed E-state index contributed by atoms with van der Waals surface area (Å²) in [6.07, 6.45) is 16.2. The lowest BCUT2D eigenvalue weighted by Crippen LogP contribution is -2.56. The van der Waals surface area contributed by atoms with Gasteiger partial charge in [-0.2, -0.15) is 0 Å². The number of allylic oxidation sites excluding steroid dienone is 3. The molecule has 2 nitrogen and oxygen atoms in total. The molecular weight excluding hydrogens is 404 g/mol. The van der Waals surface area contributed by atoms with E-state index in [9.17, 15) is 9.90 Å². The van der Waals surface area contributed by atoms with E-state index in [1.807, 2.05) is 11.6 Å². The average molecular weight is 455 g/mol. The van der Waals surface area contributed by atoms with Gasteiger partial charge in [0.15, 0.2) is 0 Å². The van der Waals surface area contributed by atoms with Gasteiger partial charge in [-0.05, 0) is 116 Å². The lowest BCUT2D eigenvalue weighted by atomic mass is 9.40. The van der Waals surface area contributed by atoms with Gasteiger partial charge in [0.25, 0.3) is 0 Å². The number of carbonyl (C=O) groups is 1. The molecule has 4 rings (SSSR count). The molecule has 8 unspecified atom stereocenters. The largest absolute Gasteiger partial charge is 0.478 e. The molecule has 0 aromatic heterocycles. The number of carboxylic acids is 1. The van der Waals surface area contributed by atoms with Crippen LogP contribution in [0, 0.1) is 51.2 Å². The van der Waals surface area contributed by atoms with Gasteiger partial charge in [-0.15, -0.1) is 0 Å². The van der Waals surface area contributed by atoms with Crippen molar-refractivity contribution in [3.05, 3.63) is 23.3 Å². The zero-order chi connectivity index (χ0) is 24.4. The van der Waals surface area contributed by atoms with E-state index >= 15 is 0 Å². The Kier molecular flexibility index (Phi) is 6.28. The van der Waals surface area contributed by atoms with Crippen LogP contribution in [0.3, 0.4) is 0 Å². The van der Waals surface area contributed by atoms with Crippen LogP contribution < -0.4 is 0 Å². The van der Waals surface area contributed by atoms with Crippen molar-refractivity contribution >= 4 is 5.97 Å². The van der Waals surface area contributed by atoms with Gasteiger partial charge in [0.05, 0.1) is 0 Å². The molecule has 0 aromatic rings. The van der Waals surface area contributed by atoms with Gasteiger partial charge in [-0.25, -0.2) is 4.79 Å². The first kappa shape index (κ1) is 25.1. The van der Waals surface area contributed by atoms with Crippen molar-refractivity contribution in [3.63, 3.8) is 0 Å². The van der Waals surface area contributed by atoms with Gasteiger partial charge in [0.1, 0.15) is 0 Å². The Morgan fingerprint density at radius 2 is 1.79 bits per heavy atom. The Labute approximate surface area is 203 Å². The highest BCUT2D eigenvalue weighted by Gasteiger charge is 2.64.